The maximum atomic E-state index is 4.69. The van der Waals surface area contributed by atoms with E-state index >= 15 is 0 Å². The second-order valence-corrected chi connectivity index (χ2v) is 9.51. The van der Waals surface area contributed by atoms with Gasteiger partial charge in [-0.05, 0) is 67.2 Å². The Balaban J connectivity index is 1.32. The SMILES string of the molecule is CN(C)Cc1cncc(-c2cc3c(-c4cc5c([nH]4)N4CC4=CC=C5c4ccncc4)n[nH]c3cn2)c1. The number of pyridine rings is 3. The zero-order chi connectivity index (χ0) is 24.2. The summed E-state index contributed by atoms with van der Waals surface area (Å²) >= 11 is 0. The van der Waals surface area contributed by atoms with E-state index in [0.29, 0.717) is 0 Å². The van der Waals surface area contributed by atoms with Crippen LogP contribution in [0.2, 0.25) is 0 Å². The van der Waals surface area contributed by atoms with Gasteiger partial charge < -0.3 is 14.8 Å². The van der Waals surface area contributed by atoms with Gasteiger partial charge in [0.05, 0.1) is 29.6 Å². The molecule has 176 valence electrons. The van der Waals surface area contributed by atoms with Gasteiger partial charge in [-0.15, -0.1) is 0 Å². The van der Waals surface area contributed by atoms with E-state index in [1.807, 2.05) is 43.1 Å². The molecule has 7 heterocycles. The number of hydrogen-bond donors (Lipinski definition) is 2. The molecule has 0 bridgehead atoms. The number of hydrogen-bond acceptors (Lipinski definition) is 6. The summed E-state index contributed by atoms with van der Waals surface area (Å²) in [5.74, 6) is 1.10. The molecule has 8 nitrogen and oxygen atoms in total. The largest absolute Gasteiger partial charge is 0.339 e. The Morgan fingerprint density at radius 1 is 0.972 bits per heavy atom. The second kappa shape index (κ2) is 8.00. The first-order valence-corrected chi connectivity index (χ1v) is 11.9. The zero-order valence-electron chi connectivity index (χ0n) is 20.0. The van der Waals surface area contributed by atoms with Crippen LogP contribution in [0.5, 0.6) is 0 Å². The first-order chi connectivity index (χ1) is 17.6. The summed E-state index contributed by atoms with van der Waals surface area (Å²) in [5.41, 5.74) is 10.5. The minimum Gasteiger partial charge on any atom is -0.339 e. The van der Waals surface area contributed by atoms with Crippen molar-refractivity contribution in [2.24, 2.45) is 0 Å². The normalized spacial score (nSPS) is 14.4. The molecule has 5 aromatic rings. The number of nitrogens with one attached hydrogen (secondary N) is 2. The van der Waals surface area contributed by atoms with Crippen molar-refractivity contribution in [1.82, 2.24) is 35.0 Å². The van der Waals surface area contributed by atoms with E-state index in [1.165, 1.54) is 11.3 Å². The summed E-state index contributed by atoms with van der Waals surface area (Å²) in [5, 5.41) is 8.86. The van der Waals surface area contributed by atoms with Crippen LogP contribution in [0.25, 0.3) is 39.1 Å². The van der Waals surface area contributed by atoms with Crippen molar-refractivity contribution in [2.75, 3.05) is 25.5 Å². The van der Waals surface area contributed by atoms with E-state index in [-0.39, 0.29) is 0 Å². The summed E-state index contributed by atoms with van der Waals surface area (Å²) in [6, 6.07) is 10.5. The lowest BCUT2D eigenvalue weighted by Crippen LogP contribution is -2.10. The quantitative estimate of drug-likeness (QED) is 0.363. The first-order valence-electron chi connectivity index (χ1n) is 11.9. The third-order valence-electron chi connectivity index (χ3n) is 6.65. The van der Waals surface area contributed by atoms with Crippen molar-refractivity contribution in [1.29, 1.82) is 0 Å². The standard InChI is InChI=1S/C28H24N8/c1-35(2)15-17-9-19(13-30-12-17)24-11-23-26(14-31-24)33-34-27(23)25-10-22-21(18-5-7-29-8-6-18)4-3-20-16-36(20)28(22)32-25/h3-14,32H,15-16H2,1-2H3,(H,33,34). The maximum absolute atomic E-state index is 4.69. The molecule has 2 N–H and O–H groups in total. The van der Waals surface area contributed by atoms with E-state index in [9.17, 15) is 0 Å². The van der Waals surface area contributed by atoms with Crippen LogP contribution >= 0.6 is 0 Å². The molecule has 1 fully saturated rings. The summed E-state index contributed by atoms with van der Waals surface area (Å²) in [4.78, 5) is 21.4. The maximum Gasteiger partial charge on any atom is 0.119 e. The molecule has 0 radical (unpaired) electrons. The highest BCUT2D eigenvalue weighted by atomic mass is 15.3. The zero-order valence-corrected chi connectivity index (χ0v) is 20.0. The van der Waals surface area contributed by atoms with Crippen LogP contribution in [0.1, 0.15) is 16.7 Å². The molecule has 36 heavy (non-hydrogen) atoms. The lowest BCUT2D eigenvalue weighted by Gasteiger charge is -2.10. The third-order valence-corrected chi connectivity index (χ3v) is 6.65. The molecular formula is C28H24N8. The molecule has 8 heteroatoms. The van der Waals surface area contributed by atoms with E-state index in [2.05, 4.69) is 84.4 Å². The average Bonchev–Trinajstić information content (AvgIpc) is 3.37. The number of rotatable bonds is 5. The van der Waals surface area contributed by atoms with E-state index in [4.69, 9.17) is 0 Å². The van der Waals surface area contributed by atoms with Crippen LogP contribution in [0, 0.1) is 0 Å². The Hall–Kier alpha value is -4.56. The molecule has 0 aromatic carbocycles. The fourth-order valence-corrected chi connectivity index (χ4v) is 4.89. The molecular weight excluding hydrogens is 448 g/mol. The summed E-state index contributed by atoms with van der Waals surface area (Å²) < 4.78 is 0. The van der Waals surface area contributed by atoms with E-state index < -0.39 is 0 Å². The Labute approximate surface area is 208 Å². The molecule has 7 rings (SSSR count). The minimum atomic E-state index is 0.828. The van der Waals surface area contributed by atoms with E-state index in [0.717, 1.165) is 69.1 Å². The molecule has 5 aromatic heterocycles. The van der Waals surface area contributed by atoms with Gasteiger partial charge in [0.25, 0.3) is 0 Å². The fraction of sp³-hybridized carbons (Fsp3) is 0.143. The van der Waals surface area contributed by atoms with Crippen molar-refractivity contribution in [3.8, 4) is 22.6 Å². The van der Waals surface area contributed by atoms with Gasteiger partial charge in [0, 0.05) is 53.5 Å². The van der Waals surface area contributed by atoms with Crippen LogP contribution in [0.3, 0.4) is 0 Å². The molecule has 0 unspecified atom stereocenters. The smallest absolute Gasteiger partial charge is 0.119 e. The lowest BCUT2D eigenvalue weighted by atomic mass is 9.99. The van der Waals surface area contributed by atoms with Crippen molar-refractivity contribution in [3.63, 3.8) is 0 Å². The van der Waals surface area contributed by atoms with Crippen molar-refractivity contribution < 1.29 is 0 Å². The Bertz CT molecular complexity index is 1670. The number of aromatic nitrogens is 6. The van der Waals surface area contributed by atoms with Crippen molar-refractivity contribution in [3.05, 3.63) is 95.9 Å². The number of fused-ring (bicyclic) bond motifs is 4. The number of aromatic amines is 2. The molecule has 0 aliphatic carbocycles. The van der Waals surface area contributed by atoms with Gasteiger partial charge in [-0.25, -0.2) is 0 Å². The predicted octanol–water partition coefficient (Wildman–Crippen LogP) is 4.62. The van der Waals surface area contributed by atoms with Crippen molar-refractivity contribution in [2.45, 2.75) is 6.54 Å². The number of anilines is 1. The Morgan fingerprint density at radius 2 is 1.86 bits per heavy atom. The van der Waals surface area contributed by atoms with Crippen LogP contribution < -0.4 is 4.90 Å². The van der Waals surface area contributed by atoms with Crippen LogP contribution in [-0.4, -0.2) is 55.7 Å². The molecule has 0 atom stereocenters. The molecule has 0 spiro atoms. The highest BCUT2D eigenvalue weighted by Crippen LogP contribution is 2.44. The Morgan fingerprint density at radius 3 is 2.72 bits per heavy atom. The van der Waals surface area contributed by atoms with Crippen LogP contribution in [0.4, 0.5) is 5.82 Å². The second-order valence-electron chi connectivity index (χ2n) is 9.51. The Kier molecular flexibility index (Phi) is 4.62. The monoisotopic (exact) mass is 472 g/mol. The fourth-order valence-electron chi connectivity index (χ4n) is 4.89. The van der Waals surface area contributed by atoms with Gasteiger partial charge >= 0.3 is 0 Å². The third kappa shape index (κ3) is 3.50. The number of H-pyrrole nitrogens is 2. The van der Waals surface area contributed by atoms with Crippen LogP contribution in [0.15, 0.2) is 79.2 Å². The molecule has 0 amide bonds. The number of nitrogens with zero attached hydrogens (tertiary/aromatic N) is 6. The van der Waals surface area contributed by atoms with Gasteiger partial charge in [-0.2, -0.15) is 5.10 Å². The van der Waals surface area contributed by atoms with E-state index in [1.54, 1.807) is 0 Å². The molecule has 2 aliphatic heterocycles. The van der Waals surface area contributed by atoms with Gasteiger partial charge in [0.1, 0.15) is 11.5 Å². The lowest BCUT2D eigenvalue weighted by molar-refractivity contribution is 0.402. The predicted molar refractivity (Wildman–Crippen MR) is 141 cm³/mol. The summed E-state index contributed by atoms with van der Waals surface area (Å²) in [6.07, 6.45) is 13.7. The highest BCUT2D eigenvalue weighted by Gasteiger charge is 2.33. The highest BCUT2D eigenvalue weighted by molar-refractivity contribution is 5.97. The van der Waals surface area contributed by atoms with Gasteiger partial charge in [-0.1, -0.05) is 6.08 Å². The minimum absolute atomic E-state index is 0.828. The summed E-state index contributed by atoms with van der Waals surface area (Å²) in [6.45, 7) is 1.77. The van der Waals surface area contributed by atoms with Crippen LogP contribution in [-0.2, 0) is 6.54 Å². The van der Waals surface area contributed by atoms with Gasteiger partial charge in [0.15, 0.2) is 0 Å². The van der Waals surface area contributed by atoms with Gasteiger partial charge in [0.2, 0.25) is 0 Å². The first kappa shape index (κ1) is 20.8. The van der Waals surface area contributed by atoms with Crippen molar-refractivity contribution >= 4 is 22.3 Å². The molecule has 1 saturated heterocycles. The van der Waals surface area contributed by atoms with Gasteiger partial charge in [-0.3, -0.25) is 20.1 Å². The molecule has 0 saturated carbocycles. The molecule has 2 aliphatic rings. The summed E-state index contributed by atoms with van der Waals surface area (Å²) in [7, 11) is 4.11. The number of allylic oxidation sites excluding steroid dienone is 2. The topological polar surface area (TPSA) is 89.4 Å². The average molecular weight is 473 g/mol.